The second kappa shape index (κ2) is 8.38. The highest BCUT2D eigenvalue weighted by Gasteiger charge is 2.14. The van der Waals surface area contributed by atoms with Crippen molar-refractivity contribution >= 4 is 45.9 Å². The van der Waals surface area contributed by atoms with E-state index in [1.165, 1.54) is 0 Å². The van der Waals surface area contributed by atoms with Crippen molar-refractivity contribution < 1.29 is 13.9 Å². The summed E-state index contributed by atoms with van der Waals surface area (Å²) in [7, 11) is 0. The van der Waals surface area contributed by atoms with Crippen molar-refractivity contribution in [2.75, 3.05) is 11.9 Å². The van der Waals surface area contributed by atoms with Gasteiger partial charge >= 0.3 is 0 Å². The molecule has 152 valence electrons. The first kappa shape index (κ1) is 20.3. The molecule has 0 atom stereocenters. The van der Waals surface area contributed by atoms with Gasteiger partial charge in [-0.1, -0.05) is 35.3 Å². The number of nitrogens with one attached hydrogen (secondary N) is 1. The second-order valence-electron chi connectivity index (χ2n) is 6.86. The number of hydrogen-bond acceptors (Lipinski definition) is 4. The maximum atomic E-state index is 12.3. The average Bonchev–Trinajstić information content (AvgIpc) is 3.14. The monoisotopic (exact) mass is 440 g/mol. The highest BCUT2D eigenvalue weighted by Crippen LogP contribution is 2.32. The summed E-state index contributed by atoms with van der Waals surface area (Å²) in [6.07, 6.45) is 0. The molecule has 4 rings (SSSR count). The van der Waals surface area contributed by atoms with E-state index in [1.807, 2.05) is 32.0 Å². The number of halogens is 2. The van der Waals surface area contributed by atoms with Crippen molar-refractivity contribution in [1.29, 1.82) is 0 Å². The minimum absolute atomic E-state index is 0.0927. The molecule has 1 aromatic heterocycles. The Morgan fingerprint density at radius 2 is 1.93 bits per heavy atom. The number of benzene rings is 3. The van der Waals surface area contributed by atoms with Gasteiger partial charge in [0.05, 0.1) is 10.6 Å². The fourth-order valence-electron chi connectivity index (χ4n) is 3.00. The van der Waals surface area contributed by atoms with E-state index in [-0.39, 0.29) is 12.5 Å². The number of rotatable bonds is 5. The van der Waals surface area contributed by atoms with E-state index in [1.54, 1.807) is 36.4 Å². The van der Waals surface area contributed by atoms with Gasteiger partial charge in [0, 0.05) is 10.7 Å². The summed E-state index contributed by atoms with van der Waals surface area (Å²) in [6, 6.07) is 16.0. The molecule has 1 N–H and O–H groups in total. The van der Waals surface area contributed by atoms with Crippen LogP contribution in [0.15, 0.2) is 59.0 Å². The van der Waals surface area contributed by atoms with Gasteiger partial charge in [-0.05, 0) is 67.4 Å². The minimum Gasteiger partial charge on any atom is -0.483 e. The number of ether oxygens (including phenoxy) is 1. The van der Waals surface area contributed by atoms with Gasteiger partial charge in [-0.15, -0.1) is 0 Å². The molecule has 0 unspecified atom stereocenters. The number of carbonyl (C=O) groups excluding carboxylic acids is 1. The van der Waals surface area contributed by atoms with Crippen LogP contribution in [0.3, 0.4) is 0 Å². The summed E-state index contributed by atoms with van der Waals surface area (Å²) < 4.78 is 11.4. The molecule has 5 nitrogen and oxygen atoms in total. The number of hydrogen-bond donors (Lipinski definition) is 1. The van der Waals surface area contributed by atoms with Gasteiger partial charge in [-0.25, -0.2) is 4.98 Å². The number of aryl methyl sites for hydroxylation is 1. The minimum atomic E-state index is -0.267. The van der Waals surface area contributed by atoms with Gasteiger partial charge in [-0.2, -0.15) is 0 Å². The largest absolute Gasteiger partial charge is 0.483 e. The van der Waals surface area contributed by atoms with Crippen molar-refractivity contribution in [2.24, 2.45) is 0 Å². The number of nitrogens with zero attached hydrogens (tertiary/aromatic N) is 1. The van der Waals surface area contributed by atoms with Crippen LogP contribution in [0, 0.1) is 13.8 Å². The Morgan fingerprint density at radius 1 is 1.10 bits per heavy atom. The van der Waals surface area contributed by atoms with Crippen molar-refractivity contribution in [1.82, 2.24) is 4.98 Å². The van der Waals surface area contributed by atoms with E-state index in [0.717, 1.165) is 11.1 Å². The molecule has 7 heteroatoms. The molecule has 0 aliphatic carbocycles. The lowest BCUT2D eigenvalue weighted by Crippen LogP contribution is -2.20. The standard InChI is InChI=1S/C23H18Cl2N2O3/c1-13-4-3-5-20(14(13)2)29-12-22(28)26-16-7-9-21-19(11-16)27-23(30-21)17-10-15(24)6-8-18(17)25/h3-11H,12H2,1-2H3,(H,26,28). The van der Waals surface area contributed by atoms with Crippen LogP contribution in [0.2, 0.25) is 10.0 Å². The molecule has 0 bridgehead atoms. The van der Waals surface area contributed by atoms with Gasteiger partial charge < -0.3 is 14.5 Å². The topological polar surface area (TPSA) is 64.4 Å². The molecule has 30 heavy (non-hydrogen) atoms. The molecule has 1 amide bonds. The zero-order valence-electron chi connectivity index (χ0n) is 16.3. The van der Waals surface area contributed by atoms with E-state index < -0.39 is 0 Å². The molecule has 1 heterocycles. The van der Waals surface area contributed by atoms with Crippen LogP contribution >= 0.6 is 23.2 Å². The highest BCUT2D eigenvalue weighted by atomic mass is 35.5. The second-order valence-corrected chi connectivity index (χ2v) is 7.70. The zero-order valence-corrected chi connectivity index (χ0v) is 17.8. The van der Waals surface area contributed by atoms with Gasteiger partial charge in [0.25, 0.3) is 5.91 Å². The Balaban J connectivity index is 1.49. The van der Waals surface area contributed by atoms with Crippen LogP contribution in [-0.2, 0) is 4.79 Å². The molecule has 0 radical (unpaired) electrons. The Hall–Kier alpha value is -3.02. The molecule has 0 saturated heterocycles. The lowest BCUT2D eigenvalue weighted by molar-refractivity contribution is -0.118. The first-order chi connectivity index (χ1) is 14.4. The molecule has 4 aromatic rings. The number of oxazole rings is 1. The summed E-state index contributed by atoms with van der Waals surface area (Å²) in [4.78, 5) is 16.8. The smallest absolute Gasteiger partial charge is 0.262 e. The Labute approximate surface area is 183 Å². The first-order valence-corrected chi connectivity index (χ1v) is 10.0. The SMILES string of the molecule is Cc1cccc(OCC(=O)Nc2ccc3oc(-c4cc(Cl)ccc4Cl)nc3c2)c1C. The number of fused-ring (bicyclic) bond motifs is 1. The Kier molecular flexibility index (Phi) is 5.66. The first-order valence-electron chi connectivity index (χ1n) is 9.25. The third-order valence-electron chi connectivity index (χ3n) is 4.74. The van der Waals surface area contributed by atoms with Gasteiger partial charge in [0.15, 0.2) is 12.2 Å². The lowest BCUT2D eigenvalue weighted by Gasteiger charge is -2.11. The number of amides is 1. The average molecular weight is 441 g/mol. The quantitative estimate of drug-likeness (QED) is 0.387. The van der Waals surface area contributed by atoms with Crippen LogP contribution in [0.5, 0.6) is 5.75 Å². The van der Waals surface area contributed by atoms with Crippen LogP contribution in [0.4, 0.5) is 5.69 Å². The molecule has 0 spiro atoms. The summed E-state index contributed by atoms with van der Waals surface area (Å²) in [6.45, 7) is 3.87. The van der Waals surface area contributed by atoms with E-state index in [2.05, 4.69) is 10.3 Å². The van der Waals surface area contributed by atoms with Crippen LogP contribution < -0.4 is 10.1 Å². The summed E-state index contributed by atoms with van der Waals surface area (Å²) in [5, 5.41) is 3.84. The fourth-order valence-corrected chi connectivity index (χ4v) is 3.37. The van der Waals surface area contributed by atoms with Crippen LogP contribution in [0.1, 0.15) is 11.1 Å². The van der Waals surface area contributed by atoms with Gasteiger partial charge in [-0.3, -0.25) is 4.79 Å². The van der Waals surface area contributed by atoms with Crippen LogP contribution in [0.25, 0.3) is 22.6 Å². The maximum absolute atomic E-state index is 12.3. The van der Waals surface area contributed by atoms with E-state index >= 15 is 0 Å². The number of carbonyl (C=O) groups is 1. The molecule has 0 fully saturated rings. The van der Waals surface area contributed by atoms with Gasteiger partial charge in [0.1, 0.15) is 11.3 Å². The molecule has 0 aliphatic rings. The van der Waals surface area contributed by atoms with Crippen molar-refractivity contribution in [3.8, 4) is 17.2 Å². The van der Waals surface area contributed by atoms with Crippen molar-refractivity contribution in [3.05, 3.63) is 75.8 Å². The van der Waals surface area contributed by atoms with E-state index in [0.29, 0.717) is 44.0 Å². The molecular formula is C23H18Cl2N2O3. The highest BCUT2D eigenvalue weighted by molar-refractivity contribution is 6.35. The normalized spacial score (nSPS) is 10.9. The summed E-state index contributed by atoms with van der Waals surface area (Å²) in [5.41, 5.74) is 4.49. The Morgan fingerprint density at radius 3 is 2.77 bits per heavy atom. The maximum Gasteiger partial charge on any atom is 0.262 e. The predicted molar refractivity (Wildman–Crippen MR) is 120 cm³/mol. The molecular weight excluding hydrogens is 423 g/mol. The molecule has 0 aliphatic heterocycles. The lowest BCUT2D eigenvalue weighted by atomic mass is 10.1. The third-order valence-corrected chi connectivity index (χ3v) is 5.31. The summed E-state index contributed by atoms with van der Waals surface area (Å²) >= 11 is 12.3. The summed E-state index contributed by atoms with van der Waals surface area (Å²) in [5.74, 6) is 0.788. The Bertz CT molecular complexity index is 1250. The predicted octanol–water partition coefficient (Wildman–Crippen LogP) is 6.44. The van der Waals surface area contributed by atoms with Crippen molar-refractivity contribution in [2.45, 2.75) is 13.8 Å². The van der Waals surface area contributed by atoms with Crippen molar-refractivity contribution in [3.63, 3.8) is 0 Å². The number of anilines is 1. The third kappa shape index (κ3) is 4.27. The molecule has 0 saturated carbocycles. The fraction of sp³-hybridized carbons (Fsp3) is 0.130. The van der Waals surface area contributed by atoms with E-state index in [9.17, 15) is 4.79 Å². The zero-order chi connectivity index (χ0) is 21.3. The number of aromatic nitrogens is 1. The van der Waals surface area contributed by atoms with Gasteiger partial charge in [0.2, 0.25) is 5.89 Å². The van der Waals surface area contributed by atoms with E-state index in [4.69, 9.17) is 32.4 Å². The molecule has 3 aromatic carbocycles. The van der Waals surface area contributed by atoms with Crippen LogP contribution in [-0.4, -0.2) is 17.5 Å².